The Hall–Kier alpha value is -2.54. The first-order chi connectivity index (χ1) is 11.2. The summed E-state index contributed by atoms with van der Waals surface area (Å²) in [5, 5.41) is 5.93. The van der Waals surface area contributed by atoms with E-state index in [2.05, 4.69) is 15.4 Å². The maximum atomic E-state index is 12.2. The van der Waals surface area contributed by atoms with Crippen LogP contribution in [-0.4, -0.2) is 26.6 Å². The molecule has 0 aromatic heterocycles. The van der Waals surface area contributed by atoms with Crippen molar-refractivity contribution in [3.63, 3.8) is 0 Å². The van der Waals surface area contributed by atoms with E-state index >= 15 is 0 Å². The zero-order valence-electron chi connectivity index (χ0n) is 13.8. The minimum Gasteiger partial charge on any atom is -0.374 e. The summed E-state index contributed by atoms with van der Waals surface area (Å²) >= 11 is 0. The molecule has 2 aromatic carbocycles. The molecule has 3 N–H and O–H groups in total. The van der Waals surface area contributed by atoms with Crippen molar-refractivity contribution in [3.8, 4) is 0 Å². The summed E-state index contributed by atoms with van der Waals surface area (Å²) in [6.45, 7) is 3.56. The molecule has 0 radical (unpaired) electrons. The quantitative estimate of drug-likeness (QED) is 0.750. The third-order valence-electron chi connectivity index (χ3n) is 3.34. The van der Waals surface area contributed by atoms with Crippen LogP contribution in [0, 0.1) is 6.92 Å². The number of amides is 1. The van der Waals surface area contributed by atoms with Gasteiger partial charge in [0.2, 0.25) is 15.9 Å². The van der Waals surface area contributed by atoms with E-state index in [0.29, 0.717) is 5.69 Å². The lowest BCUT2D eigenvalue weighted by Gasteiger charge is -2.17. The Bertz CT molecular complexity index is 820. The third-order valence-corrected chi connectivity index (χ3v) is 3.93. The fraction of sp³-hybridized carbons (Fsp3) is 0.235. The van der Waals surface area contributed by atoms with Gasteiger partial charge in [-0.2, -0.15) is 0 Å². The Kier molecular flexibility index (Phi) is 5.46. The molecule has 0 heterocycles. The number of nitrogens with one attached hydrogen (secondary N) is 3. The van der Waals surface area contributed by atoms with Gasteiger partial charge < -0.3 is 10.6 Å². The molecule has 0 saturated heterocycles. The first kappa shape index (κ1) is 17.8. The Morgan fingerprint density at radius 2 is 1.71 bits per heavy atom. The van der Waals surface area contributed by atoms with E-state index in [1.54, 1.807) is 32.0 Å². The Morgan fingerprint density at radius 3 is 2.29 bits per heavy atom. The molecule has 0 aliphatic carbocycles. The lowest BCUT2D eigenvalue weighted by atomic mass is 10.1. The van der Waals surface area contributed by atoms with Crippen LogP contribution in [-0.2, 0) is 14.8 Å². The summed E-state index contributed by atoms with van der Waals surface area (Å²) in [4.78, 5) is 12.2. The summed E-state index contributed by atoms with van der Waals surface area (Å²) in [5.41, 5.74) is 2.76. The standard InChI is InChI=1S/C17H21N3O3S/c1-12-11-15(9-10-16(12)20-24(3,22)23)18-13(2)17(21)19-14-7-5-4-6-8-14/h4-11,13,18,20H,1-3H3,(H,19,21)/t13-/m0/s1. The van der Waals surface area contributed by atoms with Gasteiger partial charge in [0, 0.05) is 11.4 Å². The van der Waals surface area contributed by atoms with Gasteiger partial charge in [-0.1, -0.05) is 18.2 Å². The van der Waals surface area contributed by atoms with Gasteiger partial charge in [0.1, 0.15) is 6.04 Å². The molecule has 0 spiro atoms. The molecule has 24 heavy (non-hydrogen) atoms. The topological polar surface area (TPSA) is 87.3 Å². The van der Waals surface area contributed by atoms with Crippen molar-refractivity contribution in [3.05, 3.63) is 54.1 Å². The average molecular weight is 347 g/mol. The van der Waals surface area contributed by atoms with Gasteiger partial charge in [0.25, 0.3) is 0 Å². The number of carbonyl (C=O) groups excluding carboxylic acids is 1. The summed E-state index contributed by atoms with van der Waals surface area (Å²) < 4.78 is 25.0. The molecule has 0 aliphatic heterocycles. The monoisotopic (exact) mass is 347 g/mol. The number of anilines is 3. The first-order valence-electron chi connectivity index (χ1n) is 7.45. The molecule has 2 aromatic rings. The highest BCUT2D eigenvalue weighted by Gasteiger charge is 2.13. The fourth-order valence-electron chi connectivity index (χ4n) is 2.16. The normalized spacial score (nSPS) is 12.3. The Labute approximate surface area is 142 Å². The number of rotatable bonds is 6. The highest BCUT2D eigenvalue weighted by atomic mass is 32.2. The summed E-state index contributed by atoms with van der Waals surface area (Å²) in [7, 11) is -3.32. The average Bonchev–Trinajstić information content (AvgIpc) is 2.50. The van der Waals surface area contributed by atoms with Crippen LogP contribution in [0.15, 0.2) is 48.5 Å². The summed E-state index contributed by atoms with van der Waals surface area (Å²) in [5.74, 6) is -0.155. The second-order valence-electron chi connectivity index (χ2n) is 5.63. The maximum Gasteiger partial charge on any atom is 0.246 e. The first-order valence-corrected chi connectivity index (χ1v) is 9.34. The molecule has 128 valence electrons. The SMILES string of the molecule is Cc1cc(N[C@@H](C)C(=O)Nc2ccccc2)ccc1NS(C)(=O)=O. The third kappa shape index (κ3) is 5.27. The zero-order valence-corrected chi connectivity index (χ0v) is 14.6. The van der Waals surface area contributed by atoms with E-state index in [4.69, 9.17) is 0 Å². The second-order valence-corrected chi connectivity index (χ2v) is 7.37. The molecule has 0 unspecified atom stereocenters. The molecule has 0 fully saturated rings. The minimum atomic E-state index is -3.32. The van der Waals surface area contributed by atoms with Crippen LogP contribution in [0.1, 0.15) is 12.5 Å². The van der Waals surface area contributed by atoms with Gasteiger partial charge in [0.15, 0.2) is 0 Å². The number of sulfonamides is 1. The molecular weight excluding hydrogens is 326 g/mol. The molecule has 1 amide bonds. The second kappa shape index (κ2) is 7.35. The molecule has 2 rings (SSSR count). The van der Waals surface area contributed by atoms with Crippen molar-refractivity contribution in [2.45, 2.75) is 19.9 Å². The van der Waals surface area contributed by atoms with Gasteiger partial charge >= 0.3 is 0 Å². The molecule has 6 nitrogen and oxygen atoms in total. The van der Waals surface area contributed by atoms with Crippen LogP contribution in [0.5, 0.6) is 0 Å². The Morgan fingerprint density at radius 1 is 1.04 bits per heavy atom. The number of carbonyl (C=O) groups is 1. The van der Waals surface area contributed by atoms with Crippen molar-refractivity contribution in [2.75, 3.05) is 21.6 Å². The van der Waals surface area contributed by atoms with Crippen molar-refractivity contribution in [1.29, 1.82) is 0 Å². The van der Waals surface area contributed by atoms with Crippen LogP contribution in [0.2, 0.25) is 0 Å². The van der Waals surface area contributed by atoms with E-state index in [-0.39, 0.29) is 5.91 Å². The molecule has 0 saturated carbocycles. The highest BCUT2D eigenvalue weighted by molar-refractivity contribution is 7.92. The minimum absolute atomic E-state index is 0.155. The van der Waals surface area contributed by atoms with Gasteiger partial charge in [0.05, 0.1) is 11.9 Å². The largest absolute Gasteiger partial charge is 0.374 e. The smallest absolute Gasteiger partial charge is 0.246 e. The molecule has 0 bridgehead atoms. The van der Waals surface area contributed by atoms with Crippen LogP contribution in [0.25, 0.3) is 0 Å². The zero-order chi connectivity index (χ0) is 17.7. The van der Waals surface area contributed by atoms with Crippen LogP contribution >= 0.6 is 0 Å². The summed E-state index contributed by atoms with van der Waals surface area (Å²) in [6, 6.07) is 14.0. The van der Waals surface area contributed by atoms with E-state index < -0.39 is 16.1 Å². The van der Waals surface area contributed by atoms with Crippen LogP contribution in [0.4, 0.5) is 17.1 Å². The van der Waals surface area contributed by atoms with Crippen LogP contribution in [0.3, 0.4) is 0 Å². The van der Waals surface area contributed by atoms with Gasteiger partial charge in [-0.25, -0.2) is 8.42 Å². The lowest BCUT2D eigenvalue weighted by Crippen LogP contribution is -2.31. The fourth-order valence-corrected chi connectivity index (χ4v) is 2.78. The van der Waals surface area contributed by atoms with Gasteiger partial charge in [-0.05, 0) is 49.7 Å². The molecule has 7 heteroatoms. The Balaban J connectivity index is 2.02. The van der Waals surface area contributed by atoms with E-state index in [9.17, 15) is 13.2 Å². The number of benzene rings is 2. The van der Waals surface area contributed by atoms with Crippen molar-refractivity contribution >= 4 is 33.0 Å². The lowest BCUT2D eigenvalue weighted by molar-refractivity contribution is -0.116. The summed E-state index contributed by atoms with van der Waals surface area (Å²) in [6.07, 6.45) is 1.11. The number of hydrogen-bond donors (Lipinski definition) is 3. The number of hydrogen-bond acceptors (Lipinski definition) is 4. The molecule has 1 atom stereocenters. The van der Waals surface area contributed by atoms with Gasteiger partial charge in [-0.3, -0.25) is 9.52 Å². The van der Waals surface area contributed by atoms with E-state index in [0.717, 1.165) is 23.2 Å². The van der Waals surface area contributed by atoms with Crippen LogP contribution < -0.4 is 15.4 Å². The predicted molar refractivity (Wildman–Crippen MR) is 97.8 cm³/mol. The van der Waals surface area contributed by atoms with Crippen molar-refractivity contribution in [1.82, 2.24) is 0 Å². The molecule has 0 aliphatic rings. The van der Waals surface area contributed by atoms with Crippen molar-refractivity contribution in [2.24, 2.45) is 0 Å². The van der Waals surface area contributed by atoms with Crippen molar-refractivity contribution < 1.29 is 13.2 Å². The maximum absolute atomic E-state index is 12.2. The van der Waals surface area contributed by atoms with E-state index in [1.807, 2.05) is 30.3 Å². The number of aryl methyl sites for hydroxylation is 1. The van der Waals surface area contributed by atoms with E-state index in [1.165, 1.54) is 0 Å². The van der Waals surface area contributed by atoms with Gasteiger partial charge in [-0.15, -0.1) is 0 Å². The number of para-hydroxylation sites is 1. The predicted octanol–water partition coefficient (Wildman–Crippen LogP) is 2.81. The molecular formula is C17H21N3O3S. The highest BCUT2D eigenvalue weighted by Crippen LogP contribution is 2.21.